The number of aromatic nitrogens is 2. The molecule has 0 fully saturated rings. The molecule has 0 aliphatic carbocycles. The first-order chi connectivity index (χ1) is 7.75. The average Bonchev–Trinajstić information content (AvgIpc) is 2.73. The lowest BCUT2D eigenvalue weighted by Crippen LogP contribution is -2.18. The van der Waals surface area contributed by atoms with Gasteiger partial charge in [0.2, 0.25) is 0 Å². The molecule has 0 aliphatic rings. The van der Waals surface area contributed by atoms with Crippen molar-refractivity contribution in [2.24, 2.45) is 0 Å². The molecule has 0 saturated heterocycles. The number of halogens is 1. The molecule has 2 rings (SSSR count). The molecule has 2 aromatic heterocycles. The molecule has 1 unspecified atom stereocenters. The third-order valence-electron chi connectivity index (χ3n) is 2.24. The zero-order valence-corrected chi connectivity index (χ0v) is 10.4. The van der Waals surface area contributed by atoms with Gasteiger partial charge < -0.3 is 5.32 Å². The van der Waals surface area contributed by atoms with E-state index in [0.717, 1.165) is 16.6 Å². The molecular formula is C11H12ClN3S. The number of nitrogens with one attached hydrogen (secondary N) is 1. The van der Waals surface area contributed by atoms with Gasteiger partial charge in [-0.2, -0.15) is 0 Å². The first-order valence-electron chi connectivity index (χ1n) is 4.99. The molecule has 5 heteroatoms. The zero-order chi connectivity index (χ0) is 11.4. The van der Waals surface area contributed by atoms with Crippen LogP contribution in [0.5, 0.6) is 0 Å². The van der Waals surface area contributed by atoms with E-state index in [1.165, 1.54) is 4.88 Å². The van der Waals surface area contributed by atoms with Crippen molar-refractivity contribution >= 4 is 22.9 Å². The Morgan fingerprint density at radius 1 is 1.44 bits per heavy atom. The summed E-state index contributed by atoms with van der Waals surface area (Å²) in [5.41, 5.74) is 0.949. The van der Waals surface area contributed by atoms with Gasteiger partial charge >= 0.3 is 0 Å². The first-order valence-corrected chi connectivity index (χ1v) is 6.18. The molecule has 0 saturated carbocycles. The SMILES string of the molecule is CC(NCc1ccc(Cl)s1)c1cnccn1. The van der Waals surface area contributed by atoms with Gasteiger partial charge in [0.1, 0.15) is 0 Å². The van der Waals surface area contributed by atoms with E-state index in [1.807, 2.05) is 12.1 Å². The number of hydrogen-bond donors (Lipinski definition) is 1. The van der Waals surface area contributed by atoms with Crippen molar-refractivity contribution in [3.05, 3.63) is 45.6 Å². The molecule has 16 heavy (non-hydrogen) atoms. The van der Waals surface area contributed by atoms with Crippen molar-refractivity contribution < 1.29 is 0 Å². The average molecular weight is 254 g/mol. The summed E-state index contributed by atoms with van der Waals surface area (Å²) in [5.74, 6) is 0. The van der Waals surface area contributed by atoms with E-state index in [1.54, 1.807) is 29.9 Å². The van der Waals surface area contributed by atoms with Crippen LogP contribution >= 0.6 is 22.9 Å². The quantitative estimate of drug-likeness (QED) is 0.910. The van der Waals surface area contributed by atoms with Crippen molar-refractivity contribution in [2.75, 3.05) is 0 Å². The van der Waals surface area contributed by atoms with E-state index >= 15 is 0 Å². The molecule has 1 N–H and O–H groups in total. The highest BCUT2D eigenvalue weighted by Gasteiger charge is 2.06. The minimum absolute atomic E-state index is 0.189. The summed E-state index contributed by atoms with van der Waals surface area (Å²) in [6.07, 6.45) is 5.16. The molecule has 0 aliphatic heterocycles. The van der Waals surface area contributed by atoms with Crippen molar-refractivity contribution in [1.29, 1.82) is 0 Å². The van der Waals surface area contributed by atoms with E-state index in [9.17, 15) is 0 Å². The summed E-state index contributed by atoms with van der Waals surface area (Å²) in [4.78, 5) is 9.52. The van der Waals surface area contributed by atoms with E-state index in [-0.39, 0.29) is 6.04 Å². The Morgan fingerprint density at radius 2 is 2.31 bits per heavy atom. The second kappa shape index (κ2) is 5.39. The molecule has 2 aromatic rings. The van der Waals surface area contributed by atoms with Crippen LogP contribution in [0.3, 0.4) is 0 Å². The van der Waals surface area contributed by atoms with Gasteiger partial charge in [0, 0.05) is 36.1 Å². The van der Waals surface area contributed by atoms with Gasteiger partial charge in [-0.15, -0.1) is 11.3 Å². The minimum Gasteiger partial charge on any atom is -0.304 e. The fourth-order valence-corrected chi connectivity index (χ4v) is 2.38. The van der Waals surface area contributed by atoms with Gasteiger partial charge in [0.25, 0.3) is 0 Å². The molecule has 0 spiro atoms. The highest BCUT2D eigenvalue weighted by molar-refractivity contribution is 7.16. The second-order valence-corrected chi connectivity index (χ2v) is 5.24. The Bertz CT molecular complexity index is 444. The minimum atomic E-state index is 0.189. The van der Waals surface area contributed by atoms with Crippen LogP contribution in [-0.2, 0) is 6.54 Å². The van der Waals surface area contributed by atoms with E-state index in [4.69, 9.17) is 11.6 Å². The van der Waals surface area contributed by atoms with Crippen LogP contribution in [0.1, 0.15) is 23.5 Å². The lowest BCUT2D eigenvalue weighted by atomic mass is 10.2. The molecule has 84 valence electrons. The van der Waals surface area contributed by atoms with Crippen LogP contribution in [0.25, 0.3) is 0 Å². The molecule has 0 bridgehead atoms. The first kappa shape index (κ1) is 11.5. The summed E-state index contributed by atoms with van der Waals surface area (Å²) < 4.78 is 0.823. The highest BCUT2D eigenvalue weighted by atomic mass is 35.5. The Balaban J connectivity index is 1.91. The predicted molar refractivity (Wildman–Crippen MR) is 66.6 cm³/mol. The summed E-state index contributed by atoms with van der Waals surface area (Å²) in [5, 5.41) is 3.38. The Kier molecular flexibility index (Phi) is 3.88. The largest absolute Gasteiger partial charge is 0.304 e. The third kappa shape index (κ3) is 3.01. The molecule has 3 nitrogen and oxygen atoms in total. The number of thiophene rings is 1. The fourth-order valence-electron chi connectivity index (χ4n) is 1.34. The van der Waals surface area contributed by atoms with Gasteiger partial charge in [-0.1, -0.05) is 11.6 Å². The van der Waals surface area contributed by atoms with Crippen LogP contribution in [-0.4, -0.2) is 9.97 Å². The Morgan fingerprint density at radius 3 is 2.94 bits per heavy atom. The monoisotopic (exact) mass is 253 g/mol. The number of rotatable bonds is 4. The van der Waals surface area contributed by atoms with Crippen LogP contribution in [0, 0.1) is 0 Å². The second-order valence-electron chi connectivity index (χ2n) is 3.44. The molecule has 1 atom stereocenters. The molecule has 2 heterocycles. The maximum atomic E-state index is 5.86. The summed E-state index contributed by atoms with van der Waals surface area (Å²) >= 11 is 7.45. The van der Waals surface area contributed by atoms with Gasteiger partial charge in [0.15, 0.2) is 0 Å². The number of nitrogens with zero attached hydrogens (tertiary/aromatic N) is 2. The van der Waals surface area contributed by atoms with Gasteiger partial charge in [-0.25, -0.2) is 0 Å². The Hall–Kier alpha value is -0.970. The lowest BCUT2D eigenvalue weighted by molar-refractivity contribution is 0.563. The van der Waals surface area contributed by atoms with E-state index < -0.39 is 0 Å². The molecule has 0 radical (unpaired) electrons. The summed E-state index contributed by atoms with van der Waals surface area (Å²) in [6.45, 7) is 2.87. The van der Waals surface area contributed by atoms with Crippen LogP contribution in [0.4, 0.5) is 0 Å². The van der Waals surface area contributed by atoms with Crippen LogP contribution in [0.2, 0.25) is 4.34 Å². The zero-order valence-electron chi connectivity index (χ0n) is 8.85. The van der Waals surface area contributed by atoms with Crippen molar-refractivity contribution in [3.8, 4) is 0 Å². The molecule has 0 aromatic carbocycles. The fraction of sp³-hybridized carbons (Fsp3) is 0.273. The van der Waals surface area contributed by atoms with Gasteiger partial charge in [-0.3, -0.25) is 9.97 Å². The van der Waals surface area contributed by atoms with Crippen molar-refractivity contribution in [1.82, 2.24) is 15.3 Å². The van der Waals surface area contributed by atoms with Crippen LogP contribution in [0.15, 0.2) is 30.7 Å². The summed E-state index contributed by atoms with van der Waals surface area (Å²) in [7, 11) is 0. The third-order valence-corrected chi connectivity index (χ3v) is 3.47. The Labute approximate surface area is 104 Å². The van der Waals surface area contributed by atoms with Crippen molar-refractivity contribution in [3.63, 3.8) is 0 Å². The van der Waals surface area contributed by atoms with Gasteiger partial charge in [0.05, 0.1) is 10.0 Å². The smallest absolute Gasteiger partial charge is 0.0931 e. The topological polar surface area (TPSA) is 37.8 Å². The normalized spacial score (nSPS) is 12.6. The van der Waals surface area contributed by atoms with Crippen LogP contribution < -0.4 is 5.32 Å². The maximum absolute atomic E-state index is 5.86. The maximum Gasteiger partial charge on any atom is 0.0931 e. The molecule has 0 amide bonds. The highest BCUT2D eigenvalue weighted by Crippen LogP contribution is 2.21. The summed E-state index contributed by atoms with van der Waals surface area (Å²) in [6, 6.07) is 4.13. The van der Waals surface area contributed by atoms with E-state index in [0.29, 0.717) is 0 Å². The number of hydrogen-bond acceptors (Lipinski definition) is 4. The lowest BCUT2D eigenvalue weighted by Gasteiger charge is -2.11. The molecular weight excluding hydrogens is 242 g/mol. The van der Waals surface area contributed by atoms with Crippen molar-refractivity contribution in [2.45, 2.75) is 19.5 Å². The standard InChI is InChI=1S/C11H12ClN3S/c1-8(10-7-13-4-5-14-10)15-6-9-2-3-11(12)16-9/h2-5,7-8,15H,6H2,1H3. The predicted octanol–water partition coefficient (Wildman–Crippen LogP) is 3.04. The van der Waals surface area contributed by atoms with E-state index in [2.05, 4.69) is 22.2 Å². The van der Waals surface area contributed by atoms with Gasteiger partial charge in [-0.05, 0) is 19.1 Å².